The fraction of sp³-hybridized carbons (Fsp3) is 0. The molecule has 0 bridgehead atoms. The number of hydrogen-bond acceptors (Lipinski definition) is 8. The van der Waals surface area contributed by atoms with E-state index < -0.39 is 23.9 Å². The molecule has 0 fully saturated rings. The third-order valence-electron chi connectivity index (χ3n) is 4.54. The Bertz CT molecular complexity index is 1450. The van der Waals surface area contributed by atoms with Crippen molar-refractivity contribution >= 4 is 23.9 Å². The minimum absolute atomic E-state index is 0.0208. The second-order valence-corrected chi connectivity index (χ2v) is 6.86. The molecule has 0 aliphatic carbocycles. The predicted octanol–water partition coefficient (Wildman–Crippen LogP) is 3.08. The summed E-state index contributed by atoms with van der Waals surface area (Å²) in [5.74, 6) is -4.51. The van der Waals surface area contributed by atoms with Gasteiger partial charge in [-0.25, -0.2) is 24.2 Å². The van der Waals surface area contributed by atoms with Crippen LogP contribution in [0.15, 0.2) is 73.2 Å². The minimum Gasteiger partial charge on any atom is -0.478 e. The minimum atomic E-state index is -1.18. The van der Waals surface area contributed by atoms with Crippen molar-refractivity contribution in [2.24, 2.45) is 0 Å². The zero-order chi connectivity index (χ0) is 26.2. The van der Waals surface area contributed by atoms with Crippen LogP contribution in [0.25, 0.3) is 22.8 Å². The van der Waals surface area contributed by atoms with E-state index in [0.29, 0.717) is 5.69 Å². The molecule has 0 radical (unpaired) electrons. The van der Waals surface area contributed by atoms with Gasteiger partial charge in [0.2, 0.25) is 0 Å². The Labute approximate surface area is 202 Å². The standard InChI is InChI=1S/2C12H8N2O4/c15-11(16)7-3-2-6-13-10(7)8-4-1-5-9(14-8)12(17)18;15-11(16)7-3-4-9(14-6-7)10-8(12(17)18)2-1-5-13-10/h2*1-6H,(H,15,16)(H,17,18). The molecule has 4 heterocycles. The third kappa shape index (κ3) is 5.88. The summed E-state index contributed by atoms with van der Waals surface area (Å²) in [6, 6.07) is 12.9. The van der Waals surface area contributed by atoms with E-state index in [-0.39, 0.29) is 39.5 Å². The van der Waals surface area contributed by atoms with Crippen molar-refractivity contribution in [1.29, 1.82) is 0 Å². The average molecular weight is 488 g/mol. The Hall–Kier alpha value is -5.52. The van der Waals surface area contributed by atoms with Crippen molar-refractivity contribution < 1.29 is 39.6 Å². The molecule has 0 aliphatic rings. The molecule has 4 rings (SSSR count). The summed E-state index contributed by atoms with van der Waals surface area (Å²) < 4.78 is 0. The lowest BCUT2D eigenvalue weighted by molar-refractivity contribution is 0.0682. The number of pyridine rings is 4. The number of carboxylic acid groups (broad SMARTS) is 4. The number of aromatic carboxylic acids is 4. The first-order valence-corrected chi connectivity index (χ1v) is 9.96. The quantitative estimate of drug-likeness (QED) is 0.309. The zero-order valence-corrected chi connectivity index (χ0v) is 18.1. The van der Waals surface area contributed by atoms with Crippen LogP contribution in [0.1, 0.15) is 41.6 Å². The van der Waals surface area contributed by atoms with Gasteiger partial charge in [-0.2, -0.15) is 0 Å². The summed E-state index contributed by atoms with van der Waals surface area (Å²) in [4.78, 5) is 59.2. The Morgan fingerprint density at radius 2 is 1.14 bits per heavy atom. The molecule has 12 nitrogen and oxygen atoms in total. The smallest absolute Gasteiger partial charge is 0.354 e. The first-order chi connectivity index (χ1) is 17.2. The highest BCUT2D eigenvalue weighted by molar-refractivity contribution is 5.95. The SMILES string of the molecule is O=C(O)c1ccc(-c2ncccc2C(=O)O)nc1.O=C(O)c1cccc(-c2ncccc2C(=O)O)n1. The van der Waals surface area contributed by atoms with Crippen molar-refractivity contribution in [1.82, 2.24) is 19.9 Å². The summed E-state index contributed by atoms with van der Waals surface area (Å²) >= 11 is 0. The number of hydrogen-bond donors (Lipinski definition) is 4. The molecule has 0 spiro atoms. The van der Waals surface area contributed by atoms with E-state index in [0.717, 1.165) is 6.20 Å². The summed E-state index contributed by atoms with van der Waals surface area (Å²) in [5, 5.41) is 35.6. The van der Waals surface area contributed by atoms with E-state index in [9.17, 15) is 19.2 Å². The maximum atomic E-state index is 11.0. The molecule has 0 aliphatic heterocycles. The monoisotopic (exact) mass is 488 g/mol. The Morgan fingerprint density at radius 1 is 0.556 bits per heavy atom. The number of nitrogens with zero attached hydrogens (tertiary/aromatic N) is 4. The van der Waals surface area contributed by atoms with E-state index >= 15 is 0 Å². The molecule has 0 amide bonds. The Balaban J connectivity index is 0.000000201. The highest BCUT2D eigenvalue weighted by atomic mass is 16.4. The van der Waals surface area contributed by atoms with Crippen LogP contribution >= 0.6 is 0 Å². The highest BCUT2D eigenvalue weighted by Gasteiger charge is 2.15. The van der Waals surface area contributed by atoms with Crippen LogP contribution in [0.5, 0.6) is 0 Å². The second kappa shape index (κ2) is 11.1. The summed E-state index contributed by atoms with van der Waals surface area (Å²) in [6.45, 7) is 0. The van der Waals surface area contributed by atoms with Gasteiger partial charge in [0.25, 0.3) is 0 Å². The molecule has 12 heteroatoms. The number of rotatable bonds is 6. The van der Waals surface area contributed by atoms with Crippen LogP contribution in [0, 0.1) is 0 Å². The van der Waals surface area contributed by atoms with E-state index in [1.807, 2.05) is 0 Å². The molecule has 0 aromatic carbocycles. The molecule has 4 aromatic heterocycles. The number of carbonyl (C=O) groups is 4. The first-order valence-electron chi connectivity index (χ1n) is 9.96. The lowest BCUT2D eigenvalue weighted by Gasteiger charge is -2.04. The second-order valence-electron chi connectivity index (χ2n) is 6.86. The summed E-state index contributed by atoms with van der Waals surface area (Å²) in [6.07, 6.45) is 4.05. The van der Waals surface area contributed by atoms with Crippen molar-refractivity contribution in [3.63, 3.8) is 0 Å². The van der Waals surface area contributed by atoms with E-state index in [1.54, 1.807) is 0 Å². The van der Waals surface area contributed by atoms with Gasteiger partial charge in [0.05, 0.1) is 28.1 Å². The van der Waals surface area contributed by atoms with Crippen LogP contribution < -0.4 is 0 Å². The van der Waals surface area contributed by atoms with Gasteiger partial charge in [-0.3, -0.25) is 15.0 Å². The first kappa shape index (κ1) is 25.1. The van der Waals surface area contributed by atoms with Crippen LogP contribution in [-0.4, -0.2) is 64.2 Å². The molecule has 4 N–H and O–H groups in total. The van der Waals surface area contributed by atoms with Crippen LogP contribution in [-0.2, 0) is 0 Å². The van der Waals surface area contributed by atoms with E-state index in [2.05, 4.69) is 19.9 Å². The molecule has 0 saturated carbocycles. The van der Waals surface area contributed by atoms with Crippen LogP contribution in [0.4, 0.5) is 0 Å². The van der Waals surface area contributed by atoms with Crippen LogP contribution in [0.2, 0.25) is 0 Å². The predicted molar refractivity (Wildman–Crippen MR) is 123 cm³/mol. The van der Waals surface area contributed by atoms with E-state index in [4.69, 9.17) is 20.4 Å². The lowest BCUT2D eigenvalue weighted by atomic mass is 10.1. The lowest BCUT2D eigenvalue weighted by Crippen LogP contribution is -2.05. The largest absolute Gasteiger partial charge is 0.478 e. The molecule has 0 unspecified atom stereocenters. The Morgan fingerprint density at radius 3 is 1.61 bits per heavy atom. The van der Waals surface area contributed by atoms with Gasteiger partial charge >= 0.3 is 23.9 Å². The van der Waals surface area contributed by atoms with Gasteiger partial charge in [-0.1, -0.05) is 6.07 Å². The average Bonchev–Trinajstić information content (AvgIpc) is 2.89. The molecule has 180 valence electrons. The molecular formula is C24H16N4O8. The molecule has 4 aromatic rings. The fourth-order valence-electron chi connectivity index (χ4n) is 2.91. The summed E-state index contributed by atoms with van der Waals surface area (Å²) in [5.41, 5.74) is 0.766. The third-order valence-corrected chi connectivity index (χ3v) is 4.54. The maximum absolute atomic E-state index is 11.0. The highest BCUT2D eigenvalue weighted by Crippen LogP contribution is 2.20. The van der Waals surface area contributed by atoms with Gasteiger partial charge in [-0.05, 0) is 48.5 Å². The van der Waals surface area contributed by atoms with Gasteiger partial charge < -0.3 is 20.4 Å². The summed E-state index contributed by atoms with van der Waals surface area (Å²) in [7, 11) is 0. The zero-order valence-electron chi connectivity index (χ0n) is 18.1. The molecule has 0 saturated heterocycles. The van der Waals surface area contributed by atoms with Crippen LogP contribution in [0.3, 0.4) is 0 Å². The topological polar surface area (TPSA) is 201 Å². The Kier molecular flexibility index (Phi) is 7.72. The molecule has 0 atom stereocenters. The van der Waals surface area contributed by atoms with Gasteiger partial charge in [-0.15, -0.1) is 0 Å². The van der Waals surface area contributed by atoms with Gasteiger partial charge in [0.1, 0.15) is 17.1 Å². The van der Waals surface area contributed by atoms with Crippen molar-refractivity contribution in [3.05, 3.63) is 95.6 Å². The number of carboxylic acids is 4. The van der Waals surface area contributed by atoms with Crippen molar-refractivity contribution in [3.8, 4) is 22.8 Å². The van der Waals surface area contributed by atoms with Crippen molar-refractivity contribution in [2.45, 2.75) is 0 Å². The van der Waals surface area contributed by atoms with Crippen molar-refractivity contribution in [2.75, 3.05) is 0 Å². The van der Waals surface area contributed by atoms with E-state index in [1.165, 1.54) is 67.0 Å². The number of aromatic nitrogens is 4. The van der Waals surface area contributed by atoms with Gasteiger partial charge in [0.15, 0.2) is 0 Å². The fourth-order valence-corrected chi connectivity index (χ4v) is 2.91. The van der Waals surface area contributed by atoms with Gasteiger partial charge in [0, 0.05) is 18.6 Å². The molecule has 36 heavy (non-hydrogen) atoms. The molecular weight excluding hydrogens is 472 g/mol. The normalized spacial score (nSPS) is 10.0. The maximum Gasteiger partial charge on any atom is 0.354 e.